The molecule has 1 unspecified atom stereocenters. The molecule has 0 aliphatic carbocycles. The van der Waals surface area contributed by atoms with Crippen LogP contribution >= 0.6 is 11.8 Å². The van der Waals surface area contributed by atoms with Gasteiger partial charge in [0.15, 0.2) is 0 Å². The fourth-order valence-electron chi connectivity index (χ4n) is 1.75. The minimum atomic E-state index is -3.41. The lowest BCUT2D eigenvalue weighted by molar-refractivity contribution is 0.561. The molecule has 18 heavy (non-hydrogen) atoms. The number of sulfonamides is 1. The van der Waals surface area contributed by atoms with Gasteiger partial charge in [0.1, 0.15) is 4.90 Å². The number of thioether (sulfide) groups is 1. The van der Waals surface area contributed by atoms with Crippen molar-refractivity contribution < 1.29 is 8.42 Å². The molecule has 0 aromatic carbocycles. The molecule has 0 saturated carbocycles. The Morgan fingerprint density at radius 2 is 2.44 bits per heavy atom. The third-order valence-corrected chi connectivity index (χ3v) is 5.40. The number of hydrogen-bond donors (Lipinski definition) is 2. The molecule has 1 aromatic heterocycles. The van der Waals surface area contributed by atoms with Crippen LogP contribution in [0.1, 0.15) is 6.42 Å². The van der Waals surface area contributed by atoms with Crippen LogP contribution in [0.4, 0.5) is 0 Å². The maximum Gasteiger partial charge on any atom is 0.243 e. The number of rotatable bonds is 6. The van der Waals surface area contributed by atoms with Crippen LogP contribution in [0.2, 0.25) is 0 Å². The van der Waals surface area contributed by atoms with Gasteiger partial charge in [-0.15, -0.1) is 0 Å². The Kier molecular flexibility index (Phi) is 4.66. The van der Waals surface area contributed by atoms with E-state index in [1.807, 2.05) is 7.05 Å². The summed E-state index contributed by atoms with van der Waals surface area (Å²) in [5.41, 5.74) is 0. The van der Waals surface area contributed by atoms with Gasteiger partial charge in [0.25, 0.3) is 0 Å². The zero-order chi connectivity index (χ0) is 13.0. The number of nitrogens with one attached hydrogen (secondary N) is 2. The van der Waals surface area contributed by atoms with Crippen LogP contribution in [-0.2, 0) is 16.6 Å². The smallest absolute Gasteiger partial charge is 0.243 e. The molecule has 1 aliphatic rings. The van der Waals surface area contributed by atoms with E-state index in [2.05, 4.69) is 15.1 Å². The number of nitrogens with zero attached hydrogens (tertiary/aromatic N) is 2. The largest absolute Gasteiger partial charge is 0.318 e. The molecule has 8 heteroatoms. The first-order valence-corrected chi connectivity index (χ1v) is 8.53. The summed E-state index contributed by atoms with van der Waals surface area (Å²) in [5, 5.41) is 7.04. The summed E-state index contributed by atoms with van der Waals surface area (Å²) in [7, 11) is -1.57. The summed E-state index contributed by atoms with van der Waals surface area (Å²) in [6, 6.07) is 0.0562. The fourth-order valence-corrected chi connectivity index (χ4v) is 4.23. The second kappa shape index (κ2) is 6.05. The first-order chi connectivity index (χ1) is 8.62. The van der Waals surface area contributed by atoms with Crippen LogP contribution < -0.4 is 10.0 Å². The number of aromatic nitrogens is 2. The molecule has 1 saturated heterocycles. The molecule has 1 fully saturated rings. The molecular weight excluding hydrogens is 272 g/mol. The van der Waals surface area contributed by atoms with Gasteiger partial charge < -0.3 is 5.32 Å². The monoisotopic (exact) mass is 290 g/mol. The van der Waals surface area contributed by atoms with E-state index >= 15 is 0 Å². The molecule has 2 rings (SSSR count). The van der Waals surface area contributed by atoms with Crippen molar-refractivity contribution in [1.29, 1.82) is 0 Å². The van der Waals surface area contributed by atoms with Crippen molar-refractivity contribution in [3.8, 4) is 0 Å². The summed E-state index contributed by atoms with van der Waals surface area (Å²) in [6.07, 6.45) is 3.87. The van der Waals surface area contributed by atoms with Gasteiger partial charge in [0.05, 0.1) is 12.7 Å². The van der Waals surface area contributed by atoms with Gasteiger partial charge in [-0.05, 0) is 19.2 Å². The fraction of sp³-hybridized carbons (Fsp3) is 0.700. The van der Waals surface area contributed by atoms with E-state index in [1.54, 1.807) is 22.6 Å². The van der Waals surface area contributed by atoms with E-state index in [0.29, 0.717) is 6.54 Å². The maximum absolute atomic E-state index is 12.1. The molecule has 0 bridgehead atoms. The van der Waals surface area contributed by atoms with E-state index in [4.69, 9.17) is 0 Å². The first kappa shape index (κ1) is 13.9. The second-order valence-corrected chi connectivity index (χ2v) is 7.09. The van der Waals surface area contributed by atoms with Gasteiger partial charge in [0.2, 0.25) is 10.0 Å². The van der Waals surface area contributed by atoms with E-state index in [-0.39, 0.29) is 10.9 Å². The minimum Gasteiger partial charge on any atom is -0.318 e. The lowest BCUT2D eigenvalue weighted by atomic mass is 10.3. The number of likely N-dealkylation sites (N-methyl/N-ethyl adjacent to an activating group) is 1. The SMILES string of the molecule is CNCCn1cc(S(=O)(=O)NC2CCSC2)cn1. The number of hydrogen-bond acceptors (Lipinski definition) is 5. The molecule has 2 N–H and O–H groups in total. The summed E-state index contributed by atoms with van der Waals surface area (Å²) >= 11 is 1.78. The van der Waals surface area contributed by atoms with Crippen molar-refractivity contribution in [2.24, 2.45) is 0 Å². The minimum absolute atomic E-state index is 0.0562. The standard InChI is InChI=1S/C10H18N4O2S2/c1-11-3-4-14-7-10(6-12-14)18(15,16)13-9-2-5-17-8-9/h6-7,9,11,13H,2-5,8H2,1H3. The zero-order valence-corrected chi connectivity index (χ0v) is 11.9. The molecule has 1 atom stereocenters. The van der Waals surface area contributed by atoms with Crippen LogP contribution in [0.3, 0.4) is 0 Å². The molecule has 0 spiro atoms. The average Bonchev–Trinajstić information content (AvgIpc) is 2.96. The van der Waals surface area contributed by atoms with Crippen molar-refractivity contribution in [3.05, 3.63) is 12.4 Å². The van der Waals surface area contributed by atoms with Gasteiger partial charge in [-0.1, -0.05) is 0 Å². The third-order valence-electron chi connectivity index (χ3n) is 2.76. The normalized spacial score (nSPS) is 20.4. The van der Waals surface area contributed by atoms with Gasteiger partial charge in [-0.3, -0.25) is 4.68 Å². The molecule has 0 radical (unpaired) electrons. The highest BCUT2D eigenvalue weighted by molar-refractivity contribution is 7.99. The van der Waals surface area contributed by atoms with Crippen LogP contribution in [-0.4, -0.2) is 49.3 Å². The zero-order valence-electron chi connectivity index (χ0n) is 10.3. The van der Waals surface area contributed by atoms with E-state index in [1.165, 1.54) is 6.20 Å². The van der Waals surface area contributed by atoms with Crippen LogP contribution in [0, 0.1) is 0 Å². The maximum atomic E-state index is 12.1. The highest BCUT2D eigenvalue weighted by Crippen LogP contribution is 2.19. The molecular formula is C10H18N4O2S2. The molecule has 1 aliphatic heterocycles. The van der Waals surface area contributed by atoms with E-state index in [0.717, 1.165) is 24.5 Å². The van der Waals surface area contributed by atoms with Crippen molar-refractivity contribution in [3.63, 3.8) is 0 Å². The Hall–Kier alpha value is -0.570. The highest BCUT2D eigenvalue weighted by atomic mass is 32.2. The topological polar surface area (TPSA) is 76.0 Å². The van der Waals surface area contributed by atoms with Gasteiger partial charge in [0, 0.05) is 24.5 Å². The average molecular weight is 290 g/mol. The quantitative estimate of drug-likeness (QED) is 0.764. The predicted molar refractivity (Wildman–Crippen MR) is 72.2 cm³/mol. The van der Waals surface area contributed by atoms with Crippen molar-refractivity contribution in [1.82, 2.24) is 19.8 Å². The van der Waals surface area contributed by atoms with Crippen molar-refractivity contribution in [2.45, 2.75) is 23.9 Å². The molecule has 0 amide bonds. The van der Waals surface area contributed by atoms with Crippen molar-refractivity contribution >= 4 is 21.8 Å². The van der Waals surface area contributed by atoms with Gasteiger partial charge in [-0.2, -0.15) is 16.9 Å². The van der Waals surface area contributed by atoms with Crippen LogP contribution in [0.25, 0.3) is 0 Å². The Bertz CT molecular complexity index is 480. The molecule has 102 valence electrons. The summed E-state index contributed by atoms with van der Waals surface area (Å²) in [4.78, 5) is 0.246. The van der Waals surface area contributed by atoms with Gasteiger partial charge in [-0.25, -0.2) is 13.1 Å². The molecule has 6 nitrogen and oxygen atoms in total. The molecule has 1 aromatic rings. The Morgan fingerprint density at radius 3 is 3.11 bits per heavy atom. The second-order valence-electron chi connectivity index (χ2n) is 4.22. The first-order valence-electron chi connectivity index (χ1n) is 5.89. The van der Waals surface area contributed by atoms with Crippen molar-refractivity contribution in [2.75, 3.05) is 25.1 Å². The van der Waals surface area contributed by atoms with Gasteiger partial charge >= 0.3 is 0 Å². The highest BCUT2D eigenvalue weighted by Gasteiger charge is 2.24. The summed E-state index contributed by atoms with van der Waals surface area (Å²) in [6.45, 7) is 1.42. The Labute approximate surface area is 112 Å². The van der Waals surface area contributed by atoms with E-state index < -0.39 is 10.0 Å². The van der Waals surface area contributed by atoms with Crippen LogP contribution in [0.5, 0.6) is 0 Å². The molecule has 2 heterocycles. The van der Waals surface area contributed by atoms with E-state index in [9.17, 15) is 8.42 Å². The Morgan fingerprint density at radius 1 is 1.61 bits per heavy atom. The predicted octanol–water partition coefficient (Wildman–Crippen LogP) is -0.114. The van der Waals surface area contributed by atoms with Crippen LogP contribution in [0.15, 0.2) is 17.3 Å². The lowest BCUT2D eigenvalue weighted by Gasteiger charge is -2.10. The third kappa shape index (κ3) is 3.47. The Balaban J connectivity index is 2.02. The summed E-state index contributed by atoms with van der Waals surface area (Å²) < 4.78 is 28.5. The summed E-state index contributed by atoms with van der Waals surface area (Å²) in [5.74, 6) is 1.88. The lowest BCUT2D eigenvalue weighted by Crippen LogP contribution is -2.34.